The second-order valence-corrected chi connectivity index (χ2v) is 6.98. The van der Waals surface area contributed by atoms with Gasteiger partial charge in [-0.25, -0.2) is 0 Å². The SMILES string of the molecule is CC(C)(c1ccc(S)cc1)N1CC2CCCC2C1. The summed E-state index contributed by atoms with van der Waals surface area (Å²) in [5.41, 5.74) is 1.58. The van der Waals surface area contributed by atoms with E-state index in [0.717, 1.165) is 16.7 Å². The Labute approximate surface area is 116 Å². The van der Waals surface area contributed by atoms with E-state index < -0.39 is 0 Å². The van der Waals surface area contributed by atoms with Crippen molar-refractivity contribution in [2.75, 3.05) is 13.1 Å². The second kappa shape index (κ2) is 4.57. The Hall–Kier alpha value is -0.470. The minimum absolute atomic E-state index is 0.159. The van der Waals surface area contributed by atoms with E-state index in [1.165, 1.54) is 37.9 Å². The smallest absolute Gasteiger partial charge is 0.0404 e. The first-order valence-electron chi connectivity index (χ1n) is 7.12. The van der Waals surface area contributed by atoms with Gasteiger partial charge in [0.1, 0.15) is 0 Å². The summed E-state index contributed by atoms with van der Waals surface area (Å²) in [5.74, 6) is 1.93. The lowest BCUT2D eigenvalue weighted by atomic mass is 9.92. The molecule has 2 unspecified atom stereocenters. The highest BCUT2D eigenvalue weighted by molar-refractivity contribution is 7.80. The van der Waals surface area contributed by atoms with E-state index in [0.29, 0.717) is 0 Å². The second-order valence-electron chi connectivity index (χ2n) is 6.46. The van der Waals surface area contributed by atoms with Crippen LogP contribution in [0.4, 0.5) is 0 Å². The number of benzene rings is 1. The van der Waals surface area contributed by atoms with Gasteiger partial charge in [0.15, 0.2) is 0 Å². The lowest BCUT2D eigenvalue weighted by Crippen LogP contribution is -2.40. The van der Waals surface area contributed by atoms with E-state index in [2.05, 4.69) is 55.6 Å². The summed E-state index contributed by atoms with van der Waals surface area (Å²) in [5, 5.41) is 0. The Morgan fingerprint density at radius 3 is 2.17 bits per heavy atom. The van der Waals surface area contributed by atoms with Gasteiger partial charge in [-0.15, -0.1) is 12.6 Å². The summed E-state index contributed by atoms with van der Waals surface area (Å²) < 4.78 is 0. The molecule has 1 aliphatic heterocycles. The molecule has 2 heteroatoms. The van der Waals surface area contributed by atoms with Gasteiger partial charge in [0.05, 0.1) is 0 Å². The number of fused-ring (bicyclic) bond motifs is 1. The molecule has 0 radical (unpaired) electrons. The quantitative estimate of drug-likeness (QED) is 0.789. The number of likely N-dealkylation sites (tertiary alicyclic amines) is 1. The summed E-state index contributed by atoms with van der Waals surface area (Å²) in [6.45, 7) is 7.31. The minimum Gasteiger partial charge on any atom is -0.294 e. The van der Waals surface area contributed by atoms with Crippen LogP contribution in [0.25, 0.3) is 0 Å². The standard InChI is InChI=1S/C16H23NS/c1-16(2,14-6-8-15(18)9-7-14)17-10-12-4-3-5-13(12)11-17/h6-9,12-13,18H,3-5,10-11H2,1-2H3. The molecule has 1 heterocycles. The van der Waals surface area contributed by atoms with Gasteiger partial charge < -0.3 is 0 Å². The van der Waals surface area contributed by atoms with Gasteiger partial charge in [-0.05, 0) is 56.2 Å². The average Bonchev–Trinajstić information content (AvgIpc) is 2.89. The third-order valence-corrected chi connectivity index (χ3v) is 5.39. The number of thiol groups is 1. The molecule has 1 aromatic carbocycles. The van der Waals surface area contributed by atoms with E-state index in [1.807, 2.05) is 0 Å². The van der Waals surface area contributed by atoms with Crippen LogP contribution in [0.3, 0.4) is 0 Å². The molecule has 0 amide bonds. The van der Waals surface area contributed by atoms with Crippen LogP contribution in [-0.2, 0) is 5.54 Å². The summed E-state index contributed by atoms with van der Waals surface area (Å²) in [4.78, 5) is 3.74. The van der Waals surface area contributed by atoms with Gasteiger partial charge in [-0.2, -0.15) is 0 Å². The summed E-state index contributed by atoms with van der Waals surface area (Å²) in [6.07, 6.45) is 4.36. The maximum Gasteiger partial charge on any atom is 0.0404 e. The first-order valence-corrected chi connectivity index (χ1v) is 7.56. The van der Waals surface area contributed by atoms with E-state index >= 15 is 0 Å². The van der Waals surface area contributed by atoms with Crippen LogP contribution >= 0.6 is 12.6 Å². The van der Waals surface area contributed by atoms with Crippen LogP contribution < -0.4 is 0 Å². The average molecular weight is 261 g/mol. The Kier molecular flexibility index (Phi) is 3.19. The van der Waals surface area contributed by atoms with E-state index in [9.17, 15) is 0 Å². The zero-order valence-electron chi connectivity index (χ0n) is 11.4. The monoisotopic (exact) mass is 261 g/mol. The van der Waals surface area contributed by atoms with Crippen molar-refractivity contribution >= 4 is 12.6 Å². The molecule has 3 rings (SSSR count). The van der Waals surface area contributed by atoms with Crippen LogP contribution in [0.2, 0.25) is 0 Å². The first-order chi connectivity index (χ1) is 8.57. The maximum absolute atomic E-state index is 4.38. The number of rotatable bonds is 2. The zero-order chi connectivity index (χ0) is 12.8. The van der Waals surface area contributed by atoms with E-state index in [4.69, 9.17) is 0 Å². The van der Waals surface area contributed by atoms with Gasteiger partial charge in [-0.3, -0.25) is 4.90 Å². The van der Waals surface area contributed by atoms with Crippen LogP contribution in [-0.4, -0.2) is 18.0 Å². The highest BCUT2D eigenvalue weighted by Crippen LogP contribution is 2.42. The molecule has 2 atom stereocenters. The predicted octanol–water partition coefficient (Wildman–Crippen LogP) is 3.94. The fourth-order valence-electron chi connectivity index (χ4n) is 3.74. The molecule has 2 fully saturated rings. The van der Waals surface area contributed by atoms with Crippen molar-refractivity contribution in [3.8, 4) is 0 Å². The van der Waals surface area contributed by atoms with Crippen molar-refractivity contribution in [2.45, 2.75) is 43.5 Å². The molecule has 1 saturated heterocycles. The van der Waals surface area contributed by atoms with Crippen LogP contribution in [0, 0.1) is 11.8 Å². The normalized spacial score (nSPS) is 28.6. The largest absolute Gasteiger partial charge is 0.294 e. The number of nitrogens with zero attached hydrogens (tertiary/aromatic N) is 1. The maximum atomic E-state index is 4.38. The Bertz CT molecular complexity index is 411. The molecule has 1 saturated carbocycles. The highest BCUT2D eigenvalue weighted by Gasteiger charge is 2.41. The fourth-order valence-corrected chi connectivity index (χ4v) is 3.89. The predicted molar refractivity (Wildman–Crippen MR) is 79.1 cm³/mol. The molecule has 0 spiro atoms. The minimum atomic E-state index is 0.159. The molecule has 1 nitrogen and oxygen atoms in total. The third kappa shape index (κ3) is 2.10. The summed E-state index contributed by atoms with van der Waals surface area (Å²) in [6, 6.07) is 8.68. The van der Waals surface area contributed by atoms with Crippen molar-refractivity contribution in [3.63, 3.8) is 0 Å². The summed E-state index contributed by atoms with van der Waals surface area (Å²) >= 11 is 4.38. The van der Waals surface area contributed by atoms with E-state index in [1.54, 1.807) is 0 Å². The molecule has 0 N–H and O–H groups in total. The van der Waals surface area contributed by atoms with Crippen molar-refractivity contribution in [1.82, 2.24) is 4.90 Å². The molecular formula is C16H23NS. The molecule has 18 heavy (non-hydrogen) atoms. The molecule has 0 aromatic heterocycles. The van der Waals surface area contributed by atoms with Crippen LogP contribution in [0.15, 0.2) is 29.2 Å². The van der Waals surface area contributed by atoms with Gasteiger partial charge in [0, 0.05) is 23.5 Å². The van der Waals surface area contributed by atoms with Crippen molar-refractivity contribution < 1.29 is 0 Å². The Morgan fingerprint density at radius 2 is 1.61 bits per heavy atom. The molecule has 98 valence electrons. The molecule has 1 aliphatic carbocycles. The lowest BCUT2D eigenvalue weighted by Gasteiger charge is -2.37. The van der Waals surface area contributed by atoms with Gasteiger partial charge in [-0.1, -0.05) is 18.6 Å². The van der Waals surface area contributed by atoms with Gasteiger partial charge >= 0.3 is 0 Å². The van der Waals surface area contributed by atoms with Crippen LogP contribution in [0.1, 0.15) is 38.7 Å². The highest BCUT2D eigenvalue weighted by atomic mass is 32.1. The first kappa shape index (κ1) is 12.6. The topological polar surface area (TPSA) is 3.24 Å². The molecule has 1 aromatic rings. The zero-order valence-corrected chi connectivity index (χ0v) is 12.3. The van der Waals surface area contributed by atoms with Crippen molar-refractivity contribution in [2.24, 2.45) is 11.8 Å². The number of hydrogen-bond donors (Lipinski definition) is 1. The molecule has 0 bridgehead atoms. The van der Waals surface area contributed by atoms with Gasteiger partial charge in [0.25, 0.3) is 0 Å². The lowest BCUT2D eigenvalue weighted by molar-refractivity contribution is 0.142. The third-order valence-electron chi connectivity index (χ3n) is 5.09. The number of hydrogen-bond acceptors (Lipinski definition) is 2. The molecule has 2 aliphatic rings. The molecular weight excluding hydrogens is 238 g/mol. The Balaban J connectivity index is 1.80. The van der Waals surface area contributed by atoms with Crippen LogP contribution in [0.5, 0.6) is 0 Å². The Morgan fingerprint density at radius 1 is 1.06 bits per heavy atom. The van der Waals surface area contributed by atoms with E-state index in [-0.39, 0.29) is 5.54 Å². The van der Waals surface area contributed by atoms with Crippen molar-refractivity contribution in [1.29, 1.82) is 0 Å². The fraction of sp³-hybridized carbons (Fsp3) is 0.625. The van der Waals surface area contributed by atoms with Gasteiger partial charge in [0.2, 0.25) is 0 Å². The summed E-state index contributed by atoms with van der Waals surface area (Å²) in [7, 11) is 0. The van der Waals surface area contributed by atoms with Crippen molar-refractivity contribution in [3.05, 3.63) is 29.8 Å².